The lowest BCUT2D eigenvalue weighted by Gasteiger charge is -2.35. The summed E-state index contributed by atoms with van der Waals surface area (Å²) in [4.78, 5) is 2.05. The van der Waals surface area contributed by atoms with E-state index in [1.807, 2.05) is 4.90 Å². The molecule has 1 aromatic carbocycles. The van der Waals surface area contributed by atoms with E-state index in [9.17, 15) is 18.3 Å². The molecular formula is C15H22ClF3N2O2. The van der Waals surface area contributed by atoms with Crippen molar-refractivity contribution in [2.45, 2.75) is 25.1 Å². The number of alkyl halides is 3. The molecule has 0 saturated carbocycles. The molecule has 4 nitrogen and oxygen atoms in total. The van der Waals surface area contributed by atoms with Gasteiger partial charge in [-0.1, -0.05) is 6.07 Å². The van der Waals surface area contributed by atoms with Crippen molar-refractivity contribution in [1.29, 1.82) is 0 Å². The molecule has 23 heavy (non-hydrogen) atoms. The quantitative estimate of drug-likeness (QED) is 0.853. The van der Waals surface area contributed by atoms with Crippen molar-refractivity contribution in [2.24, 2.45) is 0 Å². The third kappa shape index (κ3) is 5.75. The minimum Gasteiger partial charge on any atom is -0.504 e. The number of methoxy groups -OCH3 is 1. The number of hydrogen-bond donors (Lipinski definition) is 2. The standard InChI is InChI=1S/C15H21F3N2O2.ClH/c1-22-14-10-11(2-3-13(14)21)12(4-5-15(16,17)18)20-8-6-19-7-9-20;/h2-3,10,12,19,21H,4-9H2,1H3;1H/t12-;/m0./s1. The fourth-order valence-corrected chi connectivity index (χ4v) is 2.76. The van der Waals surface area contributed by atoms with Crippen LogP contribution in [0.3, 0.4) is 0 Å². The van der Waals surface area contributed by atoms with Crippen LogP contribution in [0, 0.1) is 0 Å². The van der Waals surface area contributed by atoms with Crippen molar-refractivity contribution in [1.82, 2.24) is 10.2 Å². The number of benzene rings is 1. The molecule has 1 saturated heterocycles. The number of nitrogens with zero attached hydrogens (tertiary/aromatic N) is 1. The molecule has 1 atom stereocenters. The van der Waals surface area contributed by atoms with Gasteiger partial charge in [0.25, 0.3) is 0 Å². The van der Waals surface area contributed by atoms with Crippen LogP contribution in [0.25, 0.3) is 0 Å². The molecule has 132 valence electrons. The van der Waals surface area contributed by atoms with Crippen LogP contribution in [0.4, 0.5) is 13.2 Å². The summed E-state index contributed by atoms with van der Waals surface area (Å²) in [5, 5.41) is 12.9. The van der Waals surface area contributed by atoms with Gasteiger partial charge in [0.2, 0.25) is 0 Å². The largest absolute Gasteiger partial charge is 0.504 e. The van der Waals surface area contributed by atoms with Gasteiger partial charge in [0, 0.05) is 38.6 Å². The summed E-state index contributed by atoms with van der Waals surface area (Å²) in [6, 6.07) is 4.43. The van der Waals surface area contributed by atoms with Crippen molar-refractivity contribution in [2.75, 3.05) is 33.3 Å². The number of rotatable bonds is 5. The van der Waals surface area contributed by atoms with Crippen molar-refractivity contribution in [3.05, 3.63) is 23.8 Å². The Morgan fingerprint density at radius 1 is 1.30 bits per heavy atom. The molecule has 0 bridgehead atoms. The molecule has 0 aromatic heterocycles. The van der Waals surface area contributed by atoms with Gasteiger partial charge in [0.05, 0.1) is 7.11 Å². The van der Waals surface area contributed by atoms with Crippen LogP contribution >= 0.6 is 12.4 Å². The van der Waals surface area contributed by atoms with E-state index in [1.54, 1.807) is 12.1 Å². The number of aromatic hydroxyl groups is 1. The van der Waals surface area contributed by atoms with E-state index >= 15 is 0 Å². The number of ether oxygens (including phenoxy) is 1. The lowest BCUT2D eigenvalue weighted by Crippen LogP contribution is -2.45. The first-order valence-corrected chi connectivity index (χ1v) is 7.29. The van der Waals surface area contributed by atoms with Gasteiger partial charge in [-0.15, -0.1) is 12.4 Å². The number of nitrogens with one attached hydrogen (secondary N) is 1. The van der Waals surface area contributed by atoms with E-state index in [2.05, 4.69) is 5.32 Å². The van der Waals surface area contributed by atoms with Crippen LogP contribution in [-0.2, 0) is 0 Å². The zero-order valence-electron chi connectivity index (χ0n) is 12.9. The second-order valence-corrected chi connectivity index (χ2v) is 5.39. The molecule has 0 amide bonds. The molecule has 1 heterocycles. The molecule has 0 aliphatic carbocycles. The number of halogens is 4. The lowest BCUT2D eigenvalue weighted by atomic mass is 9.98. The monoisotopic (exact) mass is 354 g/mol. The van der Waals surface area contributed by atoms with Gasteiger partial charge in [-0.2, -0.15) is 13.2 Å². The van der Waals surface area contributed by atoms with Crippen LogP contribution < -0.4 is 10.1 Å². The summed E-state index contributed by atoms with van der Waals surface area (Å²) in [6.45, 7) is 2.92. The molecule has 1 aliphatic rings. The van der Waals surface area contributed by atoms with E-state index in [1.165, 1.54) is 13.2 Å². The predicted molar refractivity (Wildman–Crippen MR) is 84.4 cm³/mol. The highest BCUT2D eigenvalue weighted by Crippen LogP contribution is 2.35. The van der Waals surface area contributed by atoms with Gasteiger partial charge < -0.3 is 15.2 Å². The Balaban J connectivity index is 0.00000264. The van der Waals surface area contributed by atoms with E-state index < -0.39 is 12.6 Å². The lowest BCUT2D eigenvalue weighted by molar-refractivity contribution is -0.138. The average molecular weight is 355 g/mol. The van der Waals surface area contributed by atoms with Crippen LogP contribution in [0.5, 0.6) is 11.5 Å². The molecule has 1 aromatic rings. The summed E-state index contributed by atoms with van der Waals surface area (Å²) >= 11 is 0. The Kier molecular flexibility index (Phi) is 7.44. The third-order valence-corrected chi connectivity index (χ3v) is 3.88. The van der Waals surface area contributed by atoms with Crippen LogP contribution in [-0.4, -0.2) is 49.5 Å². The molecule has 2 rings (SSSR count). The van der Waals surface area contributed by atoms with E-state index in [0.29, 0.717) is 13.1 Å². The van der Waals surface area contributed by atoms with Gasteiger partial charge in [0.15, 0.2) is 11.5 Å². The molecule has 0 unspecified atom stereocenters. The smallest absolute Gasteiger partial charge is 0.389 e. The maximum Gasteiger partial charge on any atom is 0.389 e. The summed E-state index contributed by atoms with van der Waals surface area (Å²) in [5.74, 6) is 0.269. The molecule has 8 heteroatoms. The highest BCUT2D eigenvalue weighted by Gasteiger charge is 2.31. The van der Waals surface area contributed by atoms with Gasteiger partial charge in [-0.05, 0) is 24.1 Å². The second kappa shape index (κ2) is 8.61. The summed E-state index contributed by atoms with van der Waals surface area (Å²) in [5.41, 5.74) is 0.737. The summed E-state index contributed by atoms with van der Waals surface area (Å²) in [7, 11) is 1.42. The Morgan fingerprint density at radius 3 is 2.52 bits per heavy atom. The van der Waals surface area contributed by atoms with Crippen LogP contribution in [0.15, 0.2) is 18.2 Å². The zero-order chi connectivity index (χ0) is 16.2. The third-order valence-electron chi connectivity index (χ3n) is 3.88. The first-order valence-electron chi connectivity index (χ1n) is 7.29. The Labute approximate surface area is 140 Å². The van der Waals surface area contributed by atoms with Crippen molar-refractivity contribution >= 4 is 12.4 Å². The maximum atomic E-state index is 12.6. The van der Waals surface area contributed by atoms with Crippen LogP contribution in [0.2, 0.25) is 0 Å². The number of phenols is 1. The number of piperazine rings is 1. The Hall–Kier alpha value is -1.18. The fraction of sp³-hybridized carbons (Fsp3) is 0.600. The fourth-order valence-electron chi connectivity index (χ4n) is 2.76. The maximum absolute atomic E-state index is 12.6. The molecular weight excluding hydrogens is 333 g/mol. The van der Waals surface area contributed by atoms with Gasteiger partial charge in [-0.3, -0.25) is 4.90 Å². The molecule has 2 N–H and O–H groups in total. The second-order valence-electron chi connectivity index (χ2n) is 5.39. The summed E-state index contributed by atoms with van der Waals surface area (Å²) in [6.07, 6.45) is -5.00. The predicted octanol–water partition coefficient (Wildman–Crippen LogP) is 3.11. The first kappa shape index (κ1) is 19.9. The van der Waals surface area contributed by atoms with Crippen LogP contribution in [0.1, 0.15) is 24.4 Å². The van der Waals surface area contributed by atoms with Gasteiger partial charge in [-0.25, -0.2) is 0 Å². The highest BCUT2D eigenvalue weighted by atomic mass is 35.5. The molecule has 0 spiro atoms. The molecule has 1 aliphatic heterocycles. The molecule has 1 fully saturated rings. The number of hydrogen-bond acceptors (Lipinski definition) is 4. The molecule has 0 radical (unpaired) electrons. The van der Waals surface area contributed by atoms with Gasteiger partial charge >= 0.3 is 6.18 Å². The van der Waals surface area contributed by atoms with Gasteiger partial charge in [0.1, 0.15) is 0 Å². The first-order chi connectivity index (χ1) is 10.4. The van der Waals surface area contributed by atoms with Crippen molar-refractivity contribution in [3.8, 4) is 11.5 Å². The Morgan fingerprint density at radius 2 is 1.96 bits per heavy atom. The highest BCUT2D eigenvalue weighted by molar-refractivity contribution is 5.85. The minimum atomic E-state index is -4.17. The normalized spacial score (nSPS) is 17.4. The SMILES string of the molecule is COc1cc([C@H](CCC(F)(F)F)N2CCNCC2)ccc1O.Cl. The zero-order valence-corrected chi connectivity index (χ0v) is 13.7. The van der Waals surface area contributed by atoms with Crippen molar-refractivity contribution in [3.63, 3.8) is 0 Å². The van der Waals surface area contributed by atoms with Crippen molar-refractivity contribution < 1.29 is 23.0 Å². The summed E-state index contributed by atoms with van der Waals surface area (Å²) < 4.78 is 42.9. The topological polar surface area (TPSA) is 44.7 Å². The van der Waals surface area contributed by atoms with E-state index in [-0.39, 0.29) is 36.4 Å². The Bertz CT molecular complexity index is 494. The van der Waals surface area contributed by atoms with E-state index in [4.69, 9.17) is 4.74 Å². The van der Waals surface area contributed by atoms with E-state index in [0.717, 1.165) is 18.7 Å². The minimum absolute atomic E-state index is 0. The average Bonchev–Trinajstić information content (AvgIpc) is 2.49. The number of phenolic OH excluding ortho intramolecular Hbond substituents is 1.